The maximum atomic E-state index is 13.0. The van der Waals surface area contributed by atoms with E-state index in [0.29, 0.717) is 5.65 Å². The Kier molecular flexibility index (Phi) is 2.86. The maximum Gasteiger partial charge on any atom is 0.339 e. The van der Waals surface area contributed by atoms with Crippen molar-refractivity contribution in [3.05, 3.63) is 89.5 Å². The van der Waals surface area contributed by atoms with Gasteiger partial charge in [0.1, 0.15) is 0 Å². The van der Waals surface area contributed by atoms with Gasteiger partial charge in [0.25, 0.3) is 0 Å². The van der Waals surface area contributed by atoms with Crippen LogP contribution in [-0.4, -0.2) is 14.1 Å². The van der Waals surface area contributed by atoms with Crippen LogP contribution in [0, 0.1) is 0 Å². The topological polar surface area (TPSA) is 39.8 Å². The molecular weight excluding hydrogens is 274 g/mol. The molecule has 0 aliphatic rings. The summed E-state index contributed by atoms with van der Waals surface area (Å²) in [5.74, 6) is 0. The fraction of sp³-hybridized carbons (Fsp3) is 0. The van der Waals surface area contributed by atoms with Gasteiger partial charge in [0, 0.05) is 6.20 Å². The third-order valence-corrected chi connectivity index (χ3v) is 3.63. The molecule has 0 bridgehead atoms. The summed E-state index contributed by atoms with van der Waals surface area (Å²) in [6, 6.07) is 22.9. The molecule has 106 valence electrons. The summed E-state index contributed by atoms with van der Waals surface area (Å²) >= 11 is 0. The molecule has 0 atom stereocenters. The van der Waals surface area contributed by atoms with Crippen molar-refractivity contribution in [1.82, 2.24) is 14.1 Å². The molecule has 22 heavy (non-hydrogen) atoms. The van der Waals surface area contributed by atoms with Crippen molar-refractivity contribution in [2.24, 2.45) is 0 Å². The number of benzene rings is 2. The summed E-state index contributed by atoms with van der Waals surface area (Å²) in [6.45, 7) is 0. The summed E-state index contributed by atoms with van der Waals surface area (Å²) in [4.78, 5) is 17.4. The van der Waals surface area contributed by atoms with E-state index in [1.54, 1.807) is 15.3 Å². The molecule has 0 saturated heterocycles. The van der Waals surface area contributed by atoms with Crippen LogP contribution >= 0.6 is 0 Å². The van der Waals surface area contributed by atoms with Crippen LogP contribution in [0.25, 0.3) is 22.5 Å². The second kappa shape index (κ2) is 5.00. The Bertz CT molecular complexity index is 906. The molecule has 4 nitrogen and oxygen atoms in total. The molecule has 0 amide bonds. The first kappa shape index (κ1) is 12.6. The molecule has 4 rings (SSSR count). The standard InChI is InChI=1S/C18H13N3O/c22-18-20(14-8-3-1-4-9-14)16-12-7-13-19-17(16)21(18)15-10-5-2-6-11-15/h1-13H. The zero-order valence-electron chi connectivity index (χ0n) is 11.8. The second-order valence-corrected chi connectivity index (χ2v) is 4.97. The Balaban J connectivity index is 2.12. The number of pyridine rings is 1. The van der Waals surface area contributed by atoms with E-state index in [1.165, 1.54) is 0 Å². The lowest BCUT2D eigenvalue weighted by Gasteiger charge is -2.02. The van der Waals surface area contributed by atoms with Gasteiger partial charge in [-0.2, -0.15) is 0 Å². The zero-order chi connectivity index (χ0) is 14.9. The highest BCUT2D eigenvalue weighted by Crippen LogP contribution is 2.18. The number of hydrogen-bond donors (Lipinski definition) is 0. The average molecular weight is 287 g/mol. The second-order valence-electron chi connectivity index (χ2n) is 4.97. The SMILES string of the molecule is O=c1n(-c2ccccc2)c2cccnc2n1-c1ccccc1. The van der Waals surface area contributed by atoms with Crippen molar-refractivity contribution < 1.29 is 0 Å². The molecule has 0 N–H and O–H groups in total. The first-order valence-corrected chi connectivity index (χ1v) is 7.05. The van der Waals surface area contributed by atoms with E-state index in [2.05, 4.69) is 4.98 Å². The molecule has 0 radical (unpaired) electrons. The molecule has 0 aliphatic heterocycles. The van der Waals surface area contributed by atoms with Crippen LogP contribution in [0.5, 0.6) is 0 Å². The number of imidazole rings is 1. The normalized spacial score (nSPS) is 10.9. The van der Waals surface area contributed by atoms with Gasteiger partial charge < -0.3 is 0 Å². The van der Waals surface area contributed by atoms with E-state index in [1.807, 2.05) is 72.8 Å². The van der Waals surface area contributed by atoms with Gasteiger partial charge in [-0.3, -0.25) is 4.57 Å². The van der Waals surface area contributed by atoms with Crippen molar-refractivity contribution >= 4 is 11.2 Å². The van der Waals surface area contributed by atoms with Crippen LogP contribution in [-0.2, 0) is 0 Å². The molecule has 0 spiro atoms. The Morgan fingerprint density at radius 2 is 1.27 bits per heavy atom. The molecule has 0 fully saturated rings. The lowest BCUT2D eigenvalue weighted by atomic mass is 10.3. The highest BCUT2D eigenvalue weighted by atomic mass is 16.1. The molecule has 2 heterocycles. The van der Waals surface area contributed by atoms with Gasteiger partial charge in [-0.05, 0) is 36.4 Å². The molecule has 2 aromatic carbocycles. The van der Waals surface area contributed by atoms with Crippen molar-refractivity contribution in [3.63, 3.8) is 0 Å². The van der Waals surface area contributed by atoms with Crippen molar-refractivity contribution in [3.8, 4) is 11.4 Å². The highest BCUT2D eigenvalue weighted by Gasteiger charge is 2.16. The van der Waals surface area contributed by atoms with Gasteiger partial charge >= 0.3 is 5.69 Å². The molecule has 4 aromatic rings. The quantitative estimate of drug-likeness (QED) is 0.568. The third kappa shape index (κ3) is 1.85. The van der Waals surface area contributed by atoms with Gasteiger partial charge in [-0.1, -0.05) is 36.4 Å². The average Bonchev–Trinajstić information content (AvgIpc) is 2.88. The summed E-state index contributed by atoms with van der Waals surface area (Å²) < 4.78 is 3.33. The van der Waals surface area contributed by atoms with Crippen LogP contribution in [0.1, 0.15) is 0 Å². The number of aromatic nitrogens is 3. The lowest BCUT2D eigenvalue weighted by Crippen LogP contribution is -2.22. The fourth-order valence-electron chi connectivity index (χ4n) is 2.67. The number of nitrogens with zero attached hydrogens (tertiary/aromatic N) is 3. The van der Waals surface area contributed by atoms with Gasteiger partial charge in [-0.15, -0.1) is 0 Å². The Morgan fingerprint density at radius 3 is 1.91 bits per heavy atom. The summed E-state index contributed by atoms with van der Waals surface area (Å²) in [5, 5.41) is 0. The molecular formula is C18H13N3O. The Labute approximate surface area is 126 Å². The molecule has 2 aromatic heterocycles. The van der Waals surface area contributed by atoms with E-state index >= 15 is 0 Å². The monoisotopic (exact) mass is 287 g/mol. The Morgan fingerprint density at radius 1 is 0.682 bits per heavy atom. The van der Waals surface area contributed by atoms with Crippen LogP contribution in [0.2, 0.25) is 0 Å². The van der Waals surface area contributed by atoms with Crippen molar-refractivity contribution in [1.29, 1.82) is 0 Å². The van der Waals surface area contributed by atoms with Crippen molar-refractivity contribution in [2.45, 2.75) is 0 Å². The van der Waals surface area contributed by atoms with E-state index in [4.69, 9.17) is 0 Å². The van der Waals surface area contributed by atoms with Crippen LogP contribution in [0.15, 0.2) is 83.8 Å². The third-order valence-electron chi connectivity index (χ3n) is 3.63. The predicted octanol–water partition coefficient (Wildman–Crippen LogP) is 3.18. The number of para-hydroxylation sites is 2. The van der Waals surface area contributed by atoms with Gasteiger partial charge in [0.15, 0.2) is 5.65 Å². The molecule has 0 saturated carbocycles. The molecule has 0 aliphatic carbocycles. The maximum absolute atomic E-state index is 13.0. The minimum absolute atomic E-state index is 0.119. The van der Waals surface area contributed by atoms with E-state index in [0.717, 1.165) is 16.9 Å². The number of rotatable bonds is 2. The smallest absolute Gasteiger partial charge is 0.259 e. The molecule has 4 heteroatoms. The predicted molar refractivity (Wildman–Crippen MR) is 86.7 cm³/mol. The zero-order valence-corrected chi connectivity index (χ0v) is 11.8. The minimum Gasteiger partial charge on any atom is -0.259 e. The van der Waals surface area contributed by atoms with Crippen molar-refractivity contribution in [2.75, 3.05) is 0 Å². The van der Waals surface area contributed by atoms with E-state index in [9.17, 15) is 4.79 Å². The Hall–Kier alpha value is -3.14. The number of hydrogen-bond acceptors (Lipinski definition) is 2. The number of fused-ring (bicyclic) bond motifs is 1. The lowest BCUT2D eigenvalue weighted by molar-refractivity contribution is 0.925. The van der Waals surface area contributed by atoms with Crippen LogP contribution in [0.4, 0.5) is 0 Å². The largest absolute Gasteiger partial charge is 0.339 e. The first-order chi connectivity index (χ1) is 10.9. The van der Waals surface area contributed by atoms with Gasteiger partial charge in [-0.25, -0.2) is 14.3 Å². The van der Waals surface area contributed by atoms with Crippen LogP contribution < -0.4 is 5.69 Å². The first-order valence-electron chi connectivity index (χ1n) is 7.05. The summed E-state index contributed by atoms with van der Waals surface area (Å²) in [7, 11) is 0. The van der Waals surface area contributed by atoms with Gasteiger partial charge in [0.2, 0.25) is 0 Å². The minimum atomic E-state index is -0.119. The molecule has 0 unspecified atom stereocenters. The summed E-state index contributed by atoms with van der Waals surface area (Å²) in [5.41, 5.74) is 2.97. The fourth-order valence-corrected chi connectivity index (χ4v) is 2.67. The highest BCUT2D eigenvalue weighted by molar-refractivity contribution is 5.76. The van der Waals surface area contributed by atoms with Gasteiger partial charge in [0.05, 0.1) is 16.9 Å². The van der Waals surface area contributed by atoms with E-state index < -0.39 is 0 Å². The van der Waals surface area contributed by atoms with E-state index in [-0.39, 0.29) is 5.69 Å². The summed E-state index contributed by atoms with van der Waals surface area (Å²) in [6.07, 6.45) is 1.70. The van der Waals surface area contributed by atoms with Crippen LogP contribution in [0.3, 0.4) is 0 Å².